The Hall–Kier alpha value is -1.91. The van der Waals surface area contributed by atoms with Crippen molar-refractivity contribution in [3.63, 3.8) is 0 Å². The molecule has 2 aromatic rings. The number of methoxy groups -OCH3 is 1. The zero-order valence-corrected chi connectivity index (χ0v) is 8.20. The Morgan fingerprint density at radius 2 is 2.33 bits per heavy atom. The fourth-order valence-corrected chi connectivity index (χ4v) is 1.32. The molecule has 1 N–H and O–H groups in total. The summed E-state index contributed by atoms with van der Waals surface area (Å²) in [6, 6.07) is 4.72. The van der Waals surface area contributed by atoms with Crippen molar-refractivity contribution in [3.8, 4) is 5.75 Å². The maximum Gasteiger partial charge on any atom is 0.165 e. The molecule has 0 saturated carbocycles. The molecule has 0 aliphatic heterocycles. The van der Waals surface area contributed by atoms with E-state index in [-0.39, 0.29) is 11.6 Å². The van der Waals surface area contributed by atoms with Gasteiger partial charge in [0.05, 0.1) is 7.11 Å². The third kappa shape index (κ3) is 2.12. The van der Waals surface area contributed by atoms with Crippen LogP contribution in [-0.2, 0) is 6.42 Å². The standard InChI is InChI=1S/C10H10FN3O/c1-15-9-4-7(2-3-8(9)11)5-10-12-6-13-14-10/h2-4,6H,5H2,1H3,(H,12,13,14). The van der Waals surface area contributed by atoms with Crippen LogP contribution < -0.4 is 4.74 Å². The van der Waals surface area contributed by atoms with Crippen molar-refractivity contribution in [3.05, 3.63) is 41.7 Å². The normalized spacial score (nSPS) is 10.3. The number of aromatic amines is 1. The Bertz CT molecular complexity index is 442. The van der Waals surface area contributed by atoms with Gasteiger partial charge in [-0.1, -0.05) is 6.07 Å². The molecule has 0 aliphatic carbocycles. The number of benzene rings is 1. The largest absolute Gasteiger partial charge is 0.494 e. The highest BCUT2D eigenvalue weighted by Gasteiger charge is 2.05. The number of halogens is 1. The summed E-state index contributed by atoms with van der Waals surface area (Å²) in [6.45, 7) is 0. The summed E-state index contributed by atoms with van der Waals surface area (Å²) in [5.74, 6) is 0.620. The first-order valence-electron chi connectivity index (χ1n) is 4.47. The molecule has 0 unspecified atom stereocenters. The van der Waals surface area contributed by atoms with E-state index in [2.05, 4.69) is 15.2 Å². The number of hydrogen-bond acceptors (Lipinski definition) is 3. The van der Waals surface area contributed by atoms with E-state index in [1.165, 1.54) is 19.5 Å². The highest BCUT2D eigenvalue weighted by molar-refractivity contribution is 5.31. The first-order valence-corrected chi connectivity index (χ1v) is 4.47. The smallest absolute Gasteiger partial charge is 0.165 e. The van der Waals surface area contributed by atoms with Gasteiger partial charge >= 0.3 is 0 Å². The summed E-state index contributed by atoms with van der Waals surface area (Å²) in [4.78, 5) is 2.88. The highest BCUT2D eigenvalue weighted by atomic mass is 19.1. The number of rotatable bonds is 3. The molecule has 2 rings (SSSR count). The second kappa shape index (κ2) is 4.08. The zero-order chi connectivity index (χ0) is 10.7. The van der Waals surface area contributed by atoms with Crippen molar-refractivity contribution < 1.29 is 9.13 Å². The molecule has 0 radical (unpaired) electrons. The number of hydrogen-bond donors (Lipinski definition) is 1. The van der Waals surface area contributed by atoms with Gasteiger partial charge in [-0.3, -0.25) is 0 Å². The molecular formula is C10H10FN3O. The zero-order valence-electron chi connectivity index (χ0n) is 8.20. The lowest BCUT2D eigenvalue weighted by Gasteiger charge is -2.03. The lowest BCUT2D eigenvalue weighted by Crippen LogP contribution is -1.94. The molecular weight excluding hydrogens is 197 g/mol. The maximum absolute atomic E-state index is 13.1. The molecule has 1 aromatic heterocycles. The van der Waals surface area contributed by atoms with E-state index < -0.39 is 0 Å². The van der Waals surface area contributed by atoms with Crippen LogP contribution in [0.3, 0.4) is 0 Å². The van der Waals surface area contributed by atoms with Gasteiger partial charge in [0.1, 0.15) is 12.2 Å². The lowest BCUT2D eigenvalue weighted by molar-refractivity contribution is 0.386. The average Bonchev–Trinajstić information content (AvgIpc) is 2.73. The van der Waals surface area contributed by atoms with Gasteiger partial charge in [-0.25, -0.2) is 4.39 Å². The van der Waals surface area contributed by atoms with Crippen molar-refractivity contribution in [2.45, 2.75) is 6.42 Å². The van der Waals surface area contributed by atoms with Crippen LogP contribution in [0, 0.1) is 5.82 Å². The lowest BCUT2D eigenvalue weighted by atomic mass is 10.1. The summed E-state index contributed by atoms with van der Waals surface area (Å²) in [5, 5.41) is 7.52. The fourth-order valence-electron chi connectivity index (χ4n) is 1.32. The first-order chi connectivity index (χ1) is 7.29. The van der Waals surface area contributed by atoms with Gasteiger partial charge in [-0.2, -0.15) is 0 Å². The van der Waals surface area contributed by atoms with Crippen LogP contribution in [0.4, 0.5) is 4.39 Å². The second-order valence-electron chi connectivity index (χ2n) is 3.08. The predicted octanol–water partition coefficient (Wildman–Crippen LogP) is 1.54. The van der Waals surface area contributed by atoms with Gasteiger partial charge in [-0.15, -0.1) is 10.2 Å². The van der Waals surface area contributed by atoms with Gasteiger partial charge in [0.25, 0.3) is 0 Å². The summed E-state index contributed by atoms with van der Waals surface area (Å²) in [6.07, 6.45) is 2.09. The Kier molecular flexibility index (Phi) is 2.62. The highest BCUT2D eigenvalue weighted by Crippen LogP contribution is 2.19. The van der Waals surface area contributed by atoms with Gasteiger partial charge in [0, 0.05) is 6.42 Å². The number of ether oxygens (including phenoxy) is 1. The Labute approximate surface area is 86.1 Å². The van der Waals surface area contributed by atoms with Gasteiger partial charge in [0.15, 0.2) is 11.6 Å². The third-order valence-corrected chi connectivity index (χ3v) is 2.05. The van der Waals surface area contributed by atoms with Crippen molar-refractivity contribution in [1.29, 1.82) is 0 Å². The Balaban J connectivity index is 2.22. The summed E-state index contributed by atoms with van der Waals surface area (Å²) < 4.78 is 18.0. The minimum absolute atomic E-state index is 0.243. The van der Waals surface area contributed by atoms with E-state index in [4.69, 9.17) is 4.74 Å². The Morgan fingerprint density at radius 1 is 1.47 bits per heavy atom. The van der Waals surface area contributed by atoms with E-state index in [0.717, 1.165) is 11.4 Å². The fraction of sp³-hybridized carbons (Fsp3) is 0.200. The topological polar surface area (TPSA) is 50.8 Å². The molecule has 4 nitrogen and oxygen atoms in total. The van der Waals surface area contributed by atoms with E-state index in [0.29, 0.717) is 6.42 Å². The quantitative estimate of drug-likeness (QED) is 0.830. The van der Waals surface area contributed by atoms with Crippen molar-refractivity contribution >= 4 is 0 Å². The van der Waals surface area contributed by atoms with E-state index in [1.54, 1.807) is 12.1 Å². The monoisotopic (exact) mass is 207 g/mol. The van der Waals surface area contributed by atoms with E-state index in [1.807, 2.05) is 0 Å². The van der Waals surface area contributed by atoms with E-state index >= 15 is 0 Å². The molecule has 0 spiro atoms. The molecule has 0 bridgehead atoms. The molecule has 0 fully saturated rings. The molecule has 15 heavy (non-hydrogen) atoms. The van der Waals surface area contributed by atoms with Crippen molar-refractivity contribution in [2.75, 3.05) is 7.11 Å². The van der Waals surface area contributed by atoms with Crippen LogP contribution >= 0.6 is 0 Å². The van der Waals surface area contributed by atoms with Crippen molar-refractivity contribution in [1.82, 2.24) is 15.2 Å². The molecule has 0 saturated heterocycles. The summed E-state index contributed by atoms with van der Waals surface area (Å²) in [7, 11) is 1.44. The van der Waals surface area contributed by atoms with Gasteiger partial charge in [-0.05, 0) is 17.7 Å². The third-order valence-electron chi connectivity index (χ3n) is 2.05. The molecule has 5 heteroatoms. The van der Waals surface area contributed by atoms with Gasteiger partial charge < -0.3 is 9.72 Å². The molecule has 1 heterocycles. The molecule has 78 valence electrons. The Morgan fingerprint density at radius 3 is 3.00 bits per heavy atom. The number of nitrogens with zero attached hydrogens (tertiary/aromatic N) is 2. The van der Waals surface area contributed by atoms with Gasteiger partial charge in [0.2, 0.25) is 0 Å². The molecule has 0 aliphatic rings. The second-order valence-corrected chi connectivity index (χ2v) is 3.08. The summed E-state index contributed by atoms with van der Waals surface area (Å²) in [5.41, 5.74) is 0.921. The number of H-pyrrole nitrogens is 1. The maximum atomic E-state index is 13.1. The minimum atomic E-state index is -0.362. The van der Waals surface area contributed by atoms with Crippen molar-refractivity contribution in [2.24, 2.45) is 0 Å². The first kappa shape index (κ1) is 9.64. The molecule has 0 amide bonds. The van der Waals surface area contributed by atoms with Crippen LogP contribution in [0.15, 0.2) is 24.5 Å². The molecule has 1 aromatic carbocycles. The average molecular weight is 207 g/mol. The van der Waals surface area contributed by atoms with Crippen LogP contribution in [0.25, 0.3) is 0 Å². The van der Waals surface area contributed by atoms with E-state index in [9.17, 15) is 4.39 Å². The van der Waals surface area contributed by atoms with Crippen LogP contribution in [-0.4, -0.2) is 22.3 Å². The van der Waals surface area contributed by atoms with Crippen LogP contribution in [0.1, 0.15) is 11.4 Å². The minimum Gasteiger partial charge on any atom is -0.494 e. The SMILES string of the molecule is COc1cc(Cc2nnc[nH]2)ccc1F. The van der Waals surface area contributed by atoms with Crippen LogP contribution in [0.5, 0.6) is 5.75 Å². The predicted molar refractivity (Wildman–Crippen MR) is 52.1 cm³/mol. The summed E-state index contributed by atoms with van der Waals surface area (Å²) >= 11 is 0. The number of nitrogens with one attached hydrogen (secondary N) is 1. The van der Waals surface area contributed by atoms with Crippen LogP contribution in [0.2, 0.25) is 0 Å². The molecule has 0 atom stereocenters. The number of aromatic nitrogens is 3.